The van der Waals surface area contributed by atoms with Crippen LogP contribution in [-0.4, -0.2) is 32.0 Å². The van der Waals surface area contributed by atoms with E-state index in [9.17, 15) is 12.8 Å². The van der Waals surface area contributed by atoms with E-state index in [1.54, 1.807) is 24.3 Å². The summed E-state index contributed by atoms with van der Waals surface area (Å²) < 4.78 is 38.6. The Bertz CT molecular complexity index is 484. The van der Waals surface area contributed by atoms with Gasteiger partial charge >= 0.3 is 0 Å². The van der Waals surface area contributed by atoms with Crippen LogP contribution in [0.25, 0.3) is 0 Å². The molecule has 1 fully saturated rings. The predicted octanol–water partition coefficient (Wildman–Crippen LogP) is 2.12. The van der Waals surface area contributed by atoms with E-state index < -0.39 is 22.7 Å². The molecular weight excluding hydrogens is 241 g/mol. The van der Waals surface area contributed by atoms with Crippen LogP contribution in [0.5, 0.6) is 0 Å². The van der Waals surface area contributed by atoms with Crippen molar-refractivity contribution in [3.63, 3.8) is 0 Å². The molecule has 94 valence electrons. The van der Waals surface area contributed by atoms with Gasteiger partial charge in [-0.1, -0.05) is 17.7 Å². The van der Waals surface area contributed by atoms with Crippen molar-refractivity contribution >= 4 is 10.0 Å². The molecule has 0 N–H and O–H groups in total. The van der Waals surface area contributed by atoms with Crippen LogP contribution < -0.4 is 0 Å². The third kappa shape index (κ3) is 2.35. The van der Waals surface area contributed by atoms with E-state index >= 15 is 0 Å². The lowest BCUT2D eigenvalue weighted by Crippen LogP contribution is -2.36. The fourth-order valence-electron chi connectivity index (χ4n) is 2.13. The van der Waals surface area contributed by atoms with Gasteiger partial charge in [0, 0.05) is 6.54 Å². The maximum absolute atomic E-state index is 12.8. The summed E-state index contributed by atoms with van der Waals surface area (Å²) in [5.41, 5.74) is 1.01. The van der Waals surface area contributed by atoms with Gasteiger partial charge in [0.1, 0.15) is 6.67 Å². The second-order valence-electron chi connectivity index (χ2n) is 4.38. The lowest BCUT2D eigenvalue weighted by Gasteiger charge is -2.21. The highest BCUT2D eigenvalue weighted by Crippen LogP contribution is 2.26. The summed E-state index contributed by atoms with van der Waals surface area (Å²) >= 11 is 0. The van der Waals surface area contributed by atoms with Crippen molar-refractivity contribution < 1.29 is 12.8 Å². The predicted molar refractivity (Wildman–Crippen MR) is 64.1 cm³/mol. The Balaban J connectivity index is 2.33. The maximum Gasteiger partial charge on any atom is 0.243 e. The van der Waals surface area contributed by atoms with Gasteiger partial charge in [0.15, 0.2) is 0 Å². The van der Waals surface area contributed by atoms with Crippen LogP contribution in [0.4, 0.5) is 4.39 Å². The van der Waals surface area contributed by atoms with Gasteiger partial charge in [-0.2, -0.15) is 4.31 Å². The summed E-state index contributed by atoms with van der Waals surface area (Å²) in [6, 6.07) is 6.19. The average Bonchev–Trinajstić information content (AvgIpc) is 2.78. The number of benzene rings is 1. The second kappa shape index (κ2) is 4.74. The maximum atomic E-state index is 12.8. The molecule has 0 saturated carbocycles. The second-order valence-corrected chi connectivity index (χ2v) is 6.27. The average molecular weight is 257 g/mol. The fraction of sp³-hybridized carbons (Fsp3) is 0.500. The lowest BCUT2D eigenvalue weighted by atomic mass is 10.2. The summed E-state index contributed by atoms with van der Waals surface area (Å²) in [6.07, 6.45) is 1.35. The van der Waals surface area contributed by atoms with E-state index in [2.05, 4.69) is 0 Å². The van der Waals surface area contributed by atoms with Crippen molar-refractivity contribution in [1.82, 2.24) is 4.31 Å². The van der Waals surface area contributed by atoms with Gasteiger partial charge in [0.2, 0.25) is 10.0 Å². The zero-order valence-corrected chi connectivity index (χ0v) is 10.6. The highest BCUT2D eigenvalue weighted by molar-refractivity contribution is 7.89. The first-order chi connectivity index (χ1) is 8.05. The van der Waals surface area contributed by atoms with Crippen LogP contribution in [0.3, 0.4) is 0 Å². The van der Waals surface area contributed by atoms with Crippen molar-refractivity contribution in [3.8, 4) is 0 Å². The van der Waals surface area contributed by atoms with E-state index in [1.165, 1.54) is 4.31 Å². The van der Waals surface area contributed by atoms with Crippen LogP contribution >= 0.6 is 0 Å². The molecule has 17 heavy (non-hydrogen) atoms. The van der Waals surface area contributed by atoms with Crippen molar-refractivity contribution in [3.05, 3.63) is 29.8 Å². The molecule has 1 aromatic carbocycles. The van der Waals surface area contributed by atoms with E-state index in [1.807, 2.05) is 6.92 Å². The molecule has 0 spiro atoms. The molecule has 0 radical (unpaired) electrons. The molecule has 0 aliphatic carbocycles. The quantitative estimate of drug-likeness (QED) is 0.831. The zero-order valence-electron chi connectivity index (χ0n) is 9.77. The minimum absolute atomic E-state index is 0.253. The molecule has 0 bridgehead atoms. The molecule has 1 aromatic rings. The largest absolute Gasteiger partial charge is 0.249 e. The van der Waals surface area contributed by atoms with Crippen molar-refractivity contribution in [1.29, 1.82) is 0 Å². The third-order valence-corrected chi connectivity index (χ3v) is 5.09. The van der Waals surface area contributed by atoms with E-state index in [-0.39, 0.29) is 4.90 Å². The minimum Gasteiger partial charge on any atom is -0.249 e. The first-order valence-electron chi connectivity index (χ1n) is 5.70. The smallest absolute Gasteiger partial charge is 0.243 e. The number of rotatable bonds is 3. The molecule has 0 aromatic heterocycles. The summed E-state index contributed by atoms with van der Waals surface area (Å²) in [7, 11) is -3.52. The normalized spacial score (nSPS) is 21.9. The molecule has 1 aliphatic rings. The van der Waals surface area contributed by atoms with Crippen LogP contribution in [0.1, 0.15) is 18.4 Å². The molecule has 3 nitrogen and oxygen atoms in total. The van der Waals surface area contributed by atoms with Gasteiger partial charge in [-0.15, -0.1) is 0 Å². The summed E-state index contributed by atoms with van der Waals surface area (Å²) in [6.45, 7) is 1.71. The Morgan fingerprint density at radius 1 is 1.35 bits per heavy atom. The van der Waals surface area contributed by atoms with Crippen molar-refractivity contribution in [2.45, 2.75) is 30.7 Å². The molecular formula is C12H16FNO2S. The molecule has 0 unspecified atom stereocenters. The van der Waals surface area contributed by atoms with Crippen LogP contribution in [-0.2, 0) is 10.0 Å². The number of nitrogens with zero attached hydrogens (tertiary/aromatic N) is 1. The third-order valence-electron chi connectivity index (χ3n) is 3.13. The van der Waals surface area contributed by atoms with Gasteiger partial charge in [-0.25, -0.2) is 12.8 Å². The molecule has 1 aliphatic heterocycles. The fourth-order valence-corrected chi connectivity index (χ4v) is 3.80. The lowest BCUT2D eigenvalue weighted by molar-refractivity contribution is 0.311. The summed E-state index contributed by atoms with van der Waals surface area (Å²) in [5, 5.41) is 0. The first kappa shape index (κ1) is 12.5. The number of alkyl halides is 1. The van der Waals surface area contributed by atoms with Gasteiger partial charge < -0.3 is 0 Å². The Hall–Kier alpha value is -0.940. The summed E-state index contributed by atoms with van der Waals surface area (Å²) in [5.74, 6) is 0. The number of halogens is 1. The van der Waals surface area contributed by atoms with E-state index in [4.69, 9.17) is 0 Å². The monoisotopic (exact) mass is 257 g/mol. The van der Waals surface area contributed by atoms with Crippen molar-refractivity contribution in [2.75, 3.05) is 13.2 Å². The highest BCUT2D eigenvalue weighted by Gasteiger charge is 2.34. The van der Waals surface area contributed by atoms with Crippen molar-refractivity contribution in [2.24, 2.45) is 0 Å². The van der Waals surface area contributed by atoms with Crippen LogP contribution in [0.15, 0.2) is 29.2 Å². The zero-order chi connectivity index (χ0) is 12.5. The van der Waals surface area contributed by atoms with Gasteiger partial charge in [0.25, 0.3) is 0 Å². The molecule has 1 atom stereocenters. The first-order valence-corrected chi connectivity index (χ1v) is 7.14. The van der Waals surface area contributed by atoms with Crippen LogP contribution in [0.2, 0.25) is 0 Å². The molecule has 2 rings (SSSR count). The molecule has 0 amide bonds. The Kier molecular flexibility index (Phi) is 3.49. The minimum atomic E-state index is -3.52. The Morgan fingerprint density at radius 3 is 2.59 bits per heavy atom. The number of hydrogen-bond acceptors (Lipinski definition) is 2. The number of hydrogen-bond donors (Lipinski definition) is 0. The number of sulfonamides is 1. The summed E-state index contributed by atoms with van der Waals surface area (Å²) in [4.78, 5) is 0.253. The molecule has 1 saturated heterocycles. The Labute approximate surface area is 101 Å². The standard InChI is InChI=1S/C12H16FNO2S/c1-10-4-6-12(7-5-10)17(15,16)14-8-2-3-11(14)9-13/h4-7,11H,2-3,8-9H2,1H3/t11-/m0/s1. The van der Waals surface area contributed by atoms with Crippen LogP contribution in [0, 0.1) is 6.92 Å². The topological polar surface area (TPSA) is 37.4 Å². The molecule has 5 heteroatoms. The van der Waals surface area contributed by atoms with E-state index in [0.717, 1.165) is 12.0 Å². The SMILES string of the molecule is Cc1ccc(S(=O)(=O)N2CCC[C@H]2CF)cc1. The number of aryl methyl sites for hydroxylation is 1. The highest BCUT2D eigenvalue weighted by atomic mass is 32.2. The molecule has 1 heterocycles. The van der Waals surface area contributed by atoms with Gasteiger partial charge in [-0.3, -0.25) is 0 Å². The van der Waals surface area contributed by atoms with Gasteiger partial charge in [-0.05, 0) is 31.9 Å². The van der Waals surface area contributed by atoms with E-state index in [0.29, 0.717) is 13.0 Å². The Morgan fingerprint density at radius 2 is 2.00 bits per heavy atom. The van der Waals surface area contributed by atoms with Gasteiger partial charge in [0.05, 0.1) is 10.9 Å².